The molecule has 0 aliphatic carbocycles. The van der Waals surface area contributed by atoms with Crippen molar-refractivity contribution in [2.24, 2.45) is 51.0 Å². The van der Waals surface area contributed by atoms with Crippen LogP contribution in [-0.2, 0) is 85.0 Å². The number of carbonyl (C=O) groups is 13. The third-order valence-electron chi connectivity index (χ3n) is 16.5. The van der Waals surface area contributed by atoms with Crippen molar-refractivity contribution in [2.75, 3.05) is 38.2 Å². The summed E-state index contributed by atoms with van der Waals surface area (Å²) in [6, 6.07) is 2.11. The molecule has 0 bridgehead atoms. The smallest absolute Gasteiger partial charge is 0.245 e. The van der Waals surface area contributed by atoms with Gasteiger partial charge in [-0.05, 0) is 114 Å². The Morgan fingerprint density at radius 3 is 1.42 bits per heavy atom. The van der Waals surface area contributed by atoms with E-state index in [9.17, 15) is 70.7 Å². The Morgan fingerprint density at radius 2 is 0.949 bits per heavy atom. The molecule has 1 unspecified atom stereocenters. The van der Waals surface area contributed by atoms with Crippen LogP contribution in [0.1, 0.15) is 128 Å². The minimum Gasteiger partial charge on any atom is -0.370 e. The predicted octanol–water partition coefficient (Wildman–Crippen LogP) is -4.64. The van der Waals surface area contributed by atoms with Crippen molar-refractivity contribution in [3.05, 3.63) is 71.8 Å². The molecule has 22 N–H and O–H groups in total. The summed E-state index contributed by atoms with van der Waals surface area (Å²) >= 11 is 0. The first kappa shape index (κ1) is 81.1. The predicted molar refractivity (Wildman–Crippen MR) is 362 cm³/mol. The number of aliphatic imine (C=N–C) groups is 1. The largest absolute Gasteiger partial charge is 0.370 e. The highest BCUT2D eigenvalue weighted by Crippen LogP contribution is 2.24. The minimum atomic E-state index is -3.56. The Bertz CT molecular complexity index is 3230. The SMILES string of the molecule is CC(C)C[C@H](NC(=O)C(C)NC(=O)[C@H](Cc1ccccc1)NC(=O)[C@H](Cc1ccccc1)NC(=O)[C@H](CCC(N)=O)NC(=O)[C@H](CCC(N)=O)NC(=O)[C@@H]1CCCN1C(=O)[C@H](CCCCN)NC(=O)[C@@H]1CCCN1C(=O)[C@@H](N)CCCN=C(N)N)C(=O)N[C@@H](CCS(C)(=O)=O)C(N)=O. The van der Waals surface area contributed by atoms with Gasteiger partial charge in [0.1, 0.15) is 70.3 Å². The third-order valence-corrected chi connectivity index (χ3v) is 17.5. The van der Waals surface area contributed by atoms with Crippen LogP contribution in [0, 0.1) is 5.92 Å². The van der Waals surface area contributed by atoms with Gasteiger partial charge in [0.2, 0.25) is 76.8 Å². The summed E-state index contributed by atoms with van der Waals surface area (Å²) in [6.45, 7) is 5.65. The van der Waals surface area contributed by atoms with E-state index in [2.05, 4.69) is 47.5 Å². The Hall–Kier alpha value is -9.31. The van der Waals surface area contributed by atoms with Crippen molar-refractivity contribution in [1.29, 1.82) is 0 Å². The molecule has 98 heavy (non-hydrogen) atoms. The number of benzene rings is 2. The first-order valence-corrected chi connectivity index (χ1v) is 35.0. The Balaban J connectivity index is 1.58. The molecule has 0 saturated carbocycles. The van der Waals surface area contributed by atoms with Crippen molar-refractivity contribution in [3.63, 3.8) is 0 Å². The number of unbranched alkanes of at least 4 members (excludes halogenated alkanes) is 1. The highest BCUT2D eigenvalue weighted by atomic mass is 32.2. The molecule has 2 aromatic rings. The summed E-state index contributed by atoms with van der Waals surface area (Å²) in [7, 11) is -3.56. The van der Waals surface area contributed by atoms with Crippen LogP contribution in [0.3, 0.4) is 0 Å². The number of amides is 13. The summed E-state index contributed by atoms with van der Waals surface area (Å²) in [5, 5.41) is 20.8. The molecule has 2 fully saturated rings. The lowest BCUT2D eigenvalue weighted by atomic mass is 10.0. The fraction of sp³-hybridized carbons (Fsp3) is 0.594. The molecule has 33 nitrogen and oxygen atoms in total. The molecule has 4 rings (SSSR count). The number of likely N-dealkylation sites (tertiary alicyclic amines) is 2. The molecular weight excluding hydrogens is 1290 g/mol. The monoisotopic (exact) mass is 1390 g/mol. The zero-order valence-electron chi connectivity index (χ0n) is 56.2. The summed E-state index contributed by atoms with van der Waals surface area (Å²) in [5.74, 6) is -11.7. The first-order chi connectivity index (χ1) is 46.3. The van der Waals surface area contributed by atoms with E-state index in [1.54, 1.807) is 74.5 Å². The van der Waals surface area contributed by atoms with Gasteiger partial charge >= 0.3 is 0 Å². The number of carbonyl (C=O) groups excluding carboxylic acids is 13. The molecule has 34 heteroatoms. The van der Waals surface area contributed by atoms with Crippen LogP contribution in [0.15, 0.2) is 65.7 Å². The summed E-state index contributed by atoms with van der Waals surface area (Å²) < 4.78 is 23.7. The van der Waals surface area contributed by atoms with Gasteiger partial charge in [0, 0.05) is 51.6 Å². The molecule has 0 aromatic heterocycles. The van der Waals surface area contributed by atoms with Crippen LogP contribution >= 0.6 is 0 Å². The van der Waals surface area contributed by atoms with Crippen LogP contribution < -0.4 is 82.7 Å². The number of primary amides is 3. The van der Waals surface area contributed by atoms with E-state index in [-0.39, 0.29) is 83.0 Å². The average Bonchev–Trinajstić information content (AvgIpc) is 1.54. The molecular formula is C64H100N18O15S. The van der Waals surface area contributed by atoms with Crippen LogP contribution in [0.4, 0.5) is 0 Å². The maximum atomic E-state index is 14.8. The maximum Gasteiger partial charge on any atom is 0.245 e. The van der Waals surface area contributed by atoms with Gasteiger partial charge < -0.3 is 92.5 Å². The Labute approximate surface area is 570 Å². The first-order valence-electron chi connectivity index (χ1n) is 32.9. The van der Waals surface area contributed by atoms with E-state index in [0.29, 0.717) is 49.7 Å². The van der Waals surface area contributed by atoms with E-state index in [1.807, 2.05) is 0 Å². The van der Waals surface area contributed by atoms with Gasteiger partial charge in [0.25, 0.3) is 0 Å². The lowest BCUT2D eigenvalue weighted by Crippen LogP contribution is -2.61. The van der Waals surface area contributed by atoms with Crippen LogP contribution in [0.25, 0.3) is 0 Å². The molecule has 542 valence electrons. The van der Waals surface area contributed by atoms with Gasteiger partial charge in [-0.15, -0.1) is 0 Å². The summed E-state index contributed by atoms with van der Waals surface area (Å²) in [5.41, 5.74) is 40.5. The van der Waals surface area contributed by atoms with Gasteiger partial charge in [0.15, 0.2) is 5.96 Å². The second kappa shape index (κ2) is 40.4. The fourth-order valence-corrected chi connectivity index (χ4v) is 11.9. The van der Waals surface area contributed by atoms with E-state index in [4.69, 9.17) is 40.1 Å². The van der Waals surface area contributed by atoms with Crippen molar-refractivity contribution in [3.8, 4) is 0 Å². The second-order valence-corrected chi connectivity index (χ2v) is 27.5. The van der Waals surface area contributed by atoms with Gasteiger partial charge in [-0.2, -0.15) is 0 Å². The topological polar surface area (TPSA) is 553 Å². The molecule has 0 radical (unpaired) electrons. The van der Waals surface area contributed by atoms with E-state index >= 15 is 0 Å². The average molecular weight is 1390 g/mol. The van der Waals surface area contributed by atoms with E-state index in [1.165, 1.54) is 16.7 Å². The standard InChI is InChI=1S/C64H100N18O15S/c1-37(2)34-46(58(90)74-42(53(69)85)28-33-98(4,96)97)78-54(86)38(3)73-57(89)47(35-39-16-7-5-8-17-39)80-59(91)48(36-40-18-9-6-10-19-40)79-56(88)43(24-26-51(67)83)75-55(87)44(25-27-52(68)84)76-60(92)50-23-15-32-82(50)63(95)45(21-11-12-29-65)77-61(93)49-22-14-31-81(49)62(94)41(66)20-13-30-72-64(70)71/h5-10,16-19,37-38,41-50H,11-15,20-36,65-66H2,1-4H3,(H2,67,83)(H2,68,84)(H2,69,85)(H,73,89)(H,74,90)(H,75,87)(H,76,92)(H,77,93)(H,78,86)(H,79,88)(H,80,91)(H4,70,71,72)/t38?,41-,42-,43-,44-,45-,46-,47-,48-,49-,50-/m0/s1. The number of rotatable bonds is 42. The van der Waals surface area contributed by atoms with E-state index in [0.717, 1.165) is 6.26 Å². The van der Waals surface area contributed by atoms with Crippen LogP contribution in [-0.4, -0.2) is 206 Å². The quantitative estimate of drug-likeness (QED) is 0.0169. The van der Waals surface area contributed by atoms with Gasteiger partial charge in [0.05, 0.1) is 11.8 Å². The Morgan fingerprint density at radius 1 is 0.510 bits per heavy atom. The lowest BCUT2D eigenvalue weighted by molar-refractivity contribution is -0.144. The number of hydrogen-bond acceptors (Lipinski definition) is 18. The molecule has 2 aliphatic rings. The summed E-state index contributed by atoms with van der Waals surface area (Å²) in [6.07, 6.45) is 1.26. The van der Waals surface area contributed by atoms with Crippen molar-refractivity contribution in [2.45, 2.75) is 196 Å². The zero-order valence-corrected chi connectivity index (χ0v) is 57.0. The number of hydrogen-bond donors (Lipinski definition) is 15. The number of guanidine groups is 1. The van der Waals surface area contributed by atoms with Crippen molar-refractivity contribution < 1.29 is 70.7 Å². The molecule has 11 atom stereocenters. The lowest BCUT2D eigenvalue weighted by Gasteiger charge is -2.32. The second-order valence-electron chi connectivity index (χ2n) is 25.2. The number of nitrogens with one attached hydrogen (secondary N) is 8. The van der Waals surface area contributed by atoms with Crippen molar-refractivity contribution >= 4 is 92.6 Å². The minimum absolute atomic E-state index is 0.0400. The number of sulfone groups is 1. The molecule has 13 amide bonds. The zero-order chi connectivity index (χ0) is 72.8. The third kappa shape index (κ3) is 28.0. The van der Waals surface area contributed by atoms with Crippen LogP contribution in [0.5, 0.6) is 0 Å². The molecule has 0 spiro atoms. The molecule has 2 aromatic carbocycles. The van der Waals surface area contributed by atoms with E-state index < -0.39 is 185 Å². The number of nitrogens with two attached hydrogens (primary N) is 7. The van der Waals surface area contributed by atoms with Crippen molar-refractivity contribution in [1.82, 2.24) is 52.3 Å². The van der Waals surface area contributed by atoms with Crippen LogP contribution in [0.2, 0.25) is 0 Å². The normalized spacial score (nSPS) is 17.2. The highest BCUT2D eigenvalue weighted by molar-refractivity contribution is 7.90. The molecule has 2 aliphatic heterocycles. The van der Waals surface area contributed by atoms with Gasteiger partial charge in [-0.1, -0.05) is 74.5 Å². The van der Waals surface area contributed by atoms with Gasteiger partial charge in [-0.3, -0.25) is 67.3 Å². The highest BCUT2D eigenvalue weighted by Gasteiger charge is 2.43. The van der Waals surface area contributed by atoms with Gasteiger partial charge in [-0.25, -0.2) is 8.42 Å². The number of nitrogens with zero attached hydrogens (tertiary/aromatic N) is 3. The molecule has 2 saturated heterocycles. The molecule has 2 heterocycles. The Kier molecular flexibility index (Phi) is 33.5. The maximum absolute atomic E-state index is 14.8. The summed E-state index contributed by atoms with van der Waals surface area (Å²) in [4.78, 5) is 186. The fourth-order valence-electron chi connectivity index (χ4n) is 11.3.